The molecule has 1 fully saturated rings. The summed E-state index contributed by atoms with van der Waals surface area (Å²) >= 11 is 1.52. The van der Waals surface area contributed by atoms with Gasteiger partial charge in [0.25, 0.3) is 0 Å². The molecule has 0 aliphatic carbocycles. The number of piperazine rings is 1. The van der Waals surface area contributed by atoms with Gasteiger partial charge in [-0.2, -0.15) is 4.31 Å². The summed E-state index contributed by atoms with van der Waals surface area (Å²) in [6.07, 6.45) is 0. The number of amides is 1. The van der Waals surface area contributed by atoms with Crippen LogP contribution in [0.25, 0.3) is 0 Å². The van der Waals surface area contributed by atoms with E-state index in [1.807, 2.05) is 26.0 Å². The number of fused-ring (bicyclic) bond motifs is 1. The van der Waals surface area contributed by atoms with E-state index in [4.69, 9.17) is 9.47 Å². The summed E-state index contributed by atoms with van der Waals surface area (Å²) in [7, 11) is -3.66. The third-order valence-electron chi connectivity index (χ3n) is 5.42. The van der Waals surface area contributed by atoms with Crippen molar-refractivity contribution in [1.29, 1.82) is 0 Å². The Hall–Kier alpha value is -2.23. The number of rotatable bonds is 5. The molecule has 31 heavy (non-hydrogen) atoms. The molecule has 2 aliphatic heterocycles. The van der Waals surface area contributed by atoms with Gasteiger partial charge in [-0.3, -0.25) is 4.79 Å². The second-order valence-electron chi connectivity index (χ2n) is 7.65. The highest BCUT2D eigenvalue weighted by atomic mass is 32.2. The zero-order valence-electron chi connectivity index (χ0n) is 17.7. The van der Waals surface area contributed by atoms with Crippen molar-refractivity contribution in [1.82, 2.24) is 9.21 Å². The van der Waals surface area contributed by atoms with Gasteiger partial charge in [-0.15, -0.1) is 11.8 Å². The summed E-state index contributed by atoms with van der Waals surface area (Å²) < 4.78 is 38.5. The predicted molar refractivity (Wildman–Crippen MR) is 119 cm³/mol. The van der Waals surface area contributed by atoms with Crippen molar-refractivity contribution in [3.8, 4) is 11.5 Å². The molecule has 0 N–H and O–H groups in total. The quantitative estimate of drug-likeness (QED) is 0.636. The highest BCUT2D eigenvalue weighted by molar-refractivity contribution is 8.00. The van der Waals surface area contributed by atoms with Crippen LogP contribution >= 0.6 is 11.8 Å². The van der Waals surface area contributed by atoms with Crippen molar-refractivity contribution in [2.75, 3.05) is 45.1 Å². The van der Waals surface area contributed by atoms with Gasteiger partial charge in [-0.1, -0.05) is 17.7 Å². The van der Waals surface area contributed by atoms with Crippen LogP contribution in [0.15, 0.2) is 46.2 Å². The topological polar surface area (TPSA) is 76.2 Å². The molecule has 0 aromatic heterocycles. The minimum atomic E-state index is -3.66. The molecule has 2 aromatic carbocycles. The fourth-order valence-corrected chi connectivity index (χ4v) is 6.05. The van der Waals surface area contributed by atoms with Crippen molar-refractivity contribution < 1.29 is 22.7 Å². The zero-order valence-corrected chi connectivity index (χ0v) is 19.3. The van der Waals surface area contributed by atoms with E-state index >= 15 is 0 Å². The molecule has 0 saturated carbocycles. The SMILES string of the molecule is Cc1ccc(SCC(=O)N2CCN(S(=O)(=O)c3ccc4c(c3)OCCO4)CC2)c(C)c1. The van der Waals surface area contributed by atoms with E-state index in [0.717, 1.165) is 10.5 Å². The average molecular weight is 463 g/mol. The van der Waals surface area contributed by atoms with Crippen LogP contribution in [-0.2, 0) is 14.8 Å². The standard InChI is InChI=1S/C22H26N2O5S2/c1-16-3-6-21(17(2)13-16)30-15-22(25)23-7-9-24(10-8-23)31(26,27)18-4-5-19-20(14-18)29-12-11-28-19/h3-6,13-14H,7-12,15H2,1-2H3. The summed E-state index contributed by atoms with van der Waals surface area (Å²) in [5, 5.41) is 0. The lowest BCUT2D eigenvalue weighted by Gasteiger charge is -2.34. The Morgan fingerprint density at radius 1 is 0.968 bits per heavy atom. The van der Waals surface area contributed by atoms with Crippen LogP contribution < -0.4 is 9.47 Å². The highest BCUT2D eigenvalue weighted by Crippen LogP contribution is 2.33. The molecule has 0 radical (unpaired) electrons. The smallest absolute Gasteiger partial charge is 0.243 e. The van der Waals surface area contributed by atoms with Crippen LogP contribution in [-0.4, -0.2) is 68.7 Å². The largest absolute Gasteiger partial charge is 0.486 e. The first-order valence-corrected chi connectivity index (χ1v) is 12.6. The van der Waals surface area contributed by atoms with Crippen molar-refractivity contribution in [3.05, 3.63) is 47.5 Å². The molecule has 2 aromatic rings. The van der Waals surface area contributed by atoms with Crippen LogP contribution in [0.3, 0.4) is 0 Å². The van der Waals surface area contributed by atoms with Gasteiger partial charge in [-0.05, 0) is 37.6 Å². The predicted octanol–water partition coefficient (Wildman–Crippen LogP) is 2.70. The number of aryl methyl sites for hydroxylation is 2. The first-order valence-electron chi connectivity index (χ1n) is 10.2. The summed E-state index contributed by atoms with van der Waals surface area (Å²) in [5.74, 6) is 1.38. The number of hydrogen-bond acceptors (Lipinski definition) is 6. The summed E-state index contributed by atoms with van der Waals surface area (Å²) in [6, 6.07) is 10.9. The van der Waals surface area contributed by atoms with E-state index in [0.29, 0.717) is 43.6 Å². The third-order valence-corrected chi connectivity index (χ3v) is 8.48. The molecule has 0 unspecified atom stereocenters. The van der Waals surface area contributed by atoms with Crippen LogP contribution in [0.1, 0.15) is 11.1 Å². The molecule has 166 valence electrons. The van der Waals surface area contributed by atoms with Crippen LogP contribution in [0.2, 0.25) is 0 Å². The molecule has 1 saturated heterocycles. The Morgan fingerprint density at radius 2 is 1.68 bits per heavy atom. The molecule has 9 heteroatoms. The lowest BCUT2D eigenvalue weighted by Crippen LogP contribution is -2.50. The number of thioether (sulfide) groups is 1. The van der Waals surface area contributed by atoms with Gasteiger partial charge in [0.1, 0.15) is 13.2 Å². The number of benzene rings is 2. The van der Waals surface area contributed by atoms with Gasteiger partial charge in [-0.25, -0.2) is 8.42 Å². The van der Waals surface area contributed by atoms with Gasteiger partial charge >= 0.3 is 0 Å². The van der Waals surface area contributed by atoms with Gasteiger partial charge in [0.15, 0.2) is 11.5 Å². The van der Waals surface area contributed by atoms with Crippen LogP contribution in [0.4, 0.5) is 0 Å². The summed E-state index contributed by atoms with van der Waals surface area (Å²) in [6.45, 7) is 6.26. The number of nitrogens with zero attached hydrogens (tertiary/aromatic N) is 2. The van der Waals surface area contributed by atoms with Gasteiger partial charge in [0.2, 0.25) is 15.9 Å². The van der Waals surface area contributed by atoms with E-state index in [9.17, 15) is 13.2 Å². The van der Waals surface area contributed by atoms with Gasteiger partial charge in [0, 0.05) is 37.1 Å². The third kappa shape index (κ3) is 4.83. The van der Waals surface area contributed by atoms with Crippen LogP contribution in [0, 0.1) is 13.8 Å². The van der Waals surface area contributed by atoms with Crippen molar-refractivity contribution in [2.24, 2.45) is 0 Å². The zero-order chi connectivity index (χ0) is 22.0. The number of carbonyl (C=O) groups is 1. The fraction of sp³-hybridized carbons (Fsp3) is 0.409. The normalized spacial score (nSPS) is 16.9. The minimum absolute atomic E-state index is 0.0290. The maximum absolute atomic E-state index is 13.0. The van der Waals surface area contributed by atoms with Crippen molar-refractivity contribution in [2.45, 2.75) is 23.6 Å². The van der Waals surface area contributed by atoms with E-state index in [2.05, 4.69) is 6.07 Å². The van der Waals surface area contributed by atoms with Crippen LogP contribution in [0.5, 0.6) is 11.5 Å². The fourth-order valence-electron chi connectivity index (χ4n) is 3.70. The lowest BCUT2D eigenvalue weighted by atomic mass is 10.2. The highest BCUT2D eigenvalue weighted by Gasteiger charge is 2.31. The first kappa shape index (κ1) is 22.0. The Bertz CT molecular complexity index is 1080. The van der Waals surface area contributed by atoms with E-state index in [-0.39, 0.29) is 23.9 Å². The second kappa shape index (κ2) is 9.10. The summed E-state index contributed by atoms with van der Waals surface area (Å²) in [4.78, 5) is 15.7. The molecule has 0 atom stereocenters. The lowest BCUT2D eigenvalue weighted by molar-refractivity contribution is -0.129. The number of carbonyl (C=O) groups excluding carboxylic acids is 1. The molecule has 2 aliphatic rings. The molecular weight excluding hydrogens is 436 g/mol. The molecule has 2 heterocycles. The summed E-state index contributed by atoms with van der Waals surface area (Å²) in [5.41, 5.74) is 2.36. The van der Waals surface area contributed by atoms with Gasteiger partial charge < -0.3 is 14.4 Å². The van der Waals surface area contributed by atoms with Crippen molar-refractivity contribution in [3.63, 3.8) is 0 Å². The van der Waals surface area contributed by atoms with Crippen molar-refractivity contribution >= 4 is 27.7 Å². The molecule has 7 nitrogen and oxygen atoms in total. The Morgan fingerprint density at radius 3 is 2.39 bits per heavy atom. The second-order valence-corrected chi connectivity index (χ2v) is 10.6. The Kier molecular flexibility index (Phi) is 6.45. The molecule has 1 amide bonds. The molecule has 0 bridgehead atoms. The van der Waals surface area contributed by atoms with E-state index in [1.165, 1.54) is 27.7 Å². The number of ether oxygens (including phenoxy) is 2. The monoisotopic (exact) mass is 462 g/mol. The molecule has 0 spiro atoms. The van der Waals surface area contributed by atoms with E-state index < -0.39 is 10.0 Å². The molecular formula is C22H26N2O5S2. The number of sulfonamides is 1. The van der Waals surface area contributed by atoms with E-state index in [1.54, 1.807) is 17.0 Å². The number of hydrogen-bond donors (Lipinski definition) is 0. The Labute approximate surface area is 187 Å². The average Bonchev–Trinajstić information content (AvgIpc) is 2.78. The maximum Gasteiger partial charge on any atom is 0.243 e. The van der Waals surface area contributed by atoms with Gasteiger partial charge in [0.05, 0.1) is 10.6 Å². The molecule has 4 rings (SSSR count). The minimum Gasteiger partial charge on any atom is -0.486 e. The maximum atomic E-state index is 13.0. The Balaban J connectivity index is 1.35. The first-order chi connectivity index (χ1) is 14.8.